The van der Waals surface area contributed by atoms with Gasteiger partial charge in [0.25, 0.3) is 0 Å². The molecule has 108 valence electrons. The zero-order valence-corrected chi connectivity index (χ0v) is 12.9. The zero-order chi connectivity index (χ0) is 14.6. The number of hydrogen-bond acceptors (Lipinski definition) is 2. The molecule has 2 unspecified atom stereocenters. The molecule has 0 aliphatic heterocycles. The lowest BCUT2D eigenvalue weighted by atomic mass is 9.88. The van der Waals surface area contributed by atoms with Gasteiger partial charge in [0.1, 0.15) is 11.6 Å². The Kier molecular flexibility index (Phi) is 5.36. The number of ether oxygens (including phenoxy) is 1. The first-order valence-corrected chi connectivity index (χ1v) is 6.83. The van der Waals surface area contributed by atoms with Crippen LogP contribution in [-0.2, 0) is 0 Å². The molecule has 1 aromatic rings. The van der Waals surface area contributed by atoms with Crippen LogP contribution in [0.2, 0.25) is 0 Å². The standard InChI is InChI=1S/C16H26FNO/c1-11(10-18-16(3,4)5)12(2)14-8-7-13(19-6)9-15(14)17/h7-9,11-12,18H,10H2,1-6H3. The fourth-order valence-electron chi connectivity index (χ4n) is 1.95. The van der Waals surface area contributed by atoms with Crippen LogP contribution in [0.25, 0.3) is 0 Å². The van der Waals surface area contributed by atoms with E-state index in [1.807, 2.05) is 12.1 Å². The van der Waals surface area contributed by atoms with Gasteiger partial charge in [0, 0.05) is 11.6 Å². The van der Waals surface area contributed by atoms with Crippen molar-refractivity contribution in [2.75, 3.05) is 13.7 Å². The molecule has 19 heavy (non-hydrogen) atoms. The Morgan fingerprint density at radius 1 is 1.26 bits per heavy atom. The molecule has 2 nitrogen and oxygen atoms in total. The van der Waals surface area contributed by atoms with Crippen LogP contribution in [0, 0.1) is 11.7 Å². The number of halogens is 1. The van der Waals surface area contributed by atoms with E-state index in [9.17, 15) is 4.39 Å². The smallest absolute Gasteiger partial charge is 0.130 e. The van der Waals surface area contributed by atoms with Gasteiger partial charge < -0.3 is 10.1 Å². The van der Waals surface area contributed by atoms with Crippen LogP contribution in [0.5, 0.6) is 5.75 Å². The normalized spacial score (nSPS) is 15.1. The molecule has 0 aliphatic carbocycles. The Bertz CT molecular complexity index is 412. The van der Waals surface area contributed by atoms with Gasteiger partial charge in [-0.25, -0.2) is 4.39 Å². The average Bonchev–Trinajstić information content (AvgIpc) is 2.34. The van der Waals surface area contributed by atoms with Gasteiger partial charge in [-0.3, -0.25) is 0 Å². The highest BCUT2D eigenvalue weighted by Crippen LogP contribution is 2.28. The van der Waals surface area contributed by atoms with Crippen molar-refractivity contribution in [3.05, 3.63) is 29.6 Å². The quantitative estimate of drug-likeness (QED) is 0.872. The van der Waals surface area contributed by atoms with Crippen LogP contribution in [-0.4, -0.2) is 19.2 Å². The van der Waals surface area contributed by atoms with Crippen LogP contribution in [0.4, 0.5) is 4.39 Å². The SMILES string of the molecule is COc1ccc(C(C)C(C)CNC(C)(C)C)c(F)c1. The van der Waals surface area contributed by atoms with Crippen LogP contribution in [0.1, 0.15) is 46.1 Å². The summed E-state index contributed by atoms with van der Waals surface area (Å²) in [4.78, 5) is 0. The summed E-state index contributed by atoms with van der Waals surface area (Å²) in [6.45, 7) is 11.5. The van der Waals surface area contributed by atoms with Crippen molar-refractivity contribution < 1.29 is 9.13 Å². The Morgan fingerprint density at radius 2 is 1.89 bits per heavy atom. The van der Waals surface area contributed by atoms with Crippen molar-refractivity contribution in [3.63, 3.8) is 0 Å². The molecule has 0 spiro atoms. The first-order valence-electron chi connectivity index (χ1n) is 6.83. The van der Waals surface area contributed by atoms with E-state index in [0.29, 0.717) is 11.7 Å². The molecule has 0 radical (unpaired) electrons. The van der Waals surface area contributed by atoms with Gasteiger partial charge in [-0.2, -0.15) is 0 Å². The van der Waals surface area contributed by atoms with E-state index in [2.05, 4.69) is 39.9 Å². The summed E-state index contributed by atoms with van der Waals surface area (Å²) in [6, 6.07) is 5.10. The molecule has 2 atom stereocenters. The van der Waals surface area contributed by atoms with E-state index < -0.39 is 0 Å². The number of hydrogen-bond donors (Lipinski definition) is 1. The second kappa shape index (κ2) is 6.38. The molecular weight excluding hydrogens is 241 g/mol. The fourth-order valence-corrected chi connectivity index (χ4v) is 1.95. The molecular formula is C16H26FNO. The minimum absolute atomic E-state index is 0.0897. The Morgan fingerprint density at radius 3 is 2.37 bits per heavy atom. The molecule has 0 heterocycles. The van der Waals surface area contributed by atoms with E-state index in [1.54, 1.807) is 7.11 Å². The average molecular weight is 267 g/mol. The van der Waals surface area contributed by atoms with Gasteiger partial charge in [-0.1, -0.05) is 19.9 Å². The summed E-state index contributed by atoms with van der Waals surface area (Å²) in [7, 11) is 1.55. The summed E-state index contributed by atoms with van der Waals surface area (Å²) >= 11 is 0. The van der Waals surface area contributed by atoms with Gasteiger partial charge in [-0.15, -0.1) is 0 Å². The molecule has 1 rings (SSSR count). The summed E-state index contributed by atoms with van der Waals surface area (Å²) in [6.07, 6.45) is 0. The molecule has 0 fully saturated rings. The second-order valence-corrected chi connectivity index (χ2v) is 6.28. The third kappa shape index (κ3) is 4.83. The van der Waals surface area contributed by atoms with Gasteiger partial charge in [-0.05, 0) is 50.8 Å². The summed E-state index contributed by atoms with van der Waals surface area (Å²) in [5.74, 6) is 0.909. The van der Waals surface area contributed by atoms with Gasteiger partial charge in [0.2, 0.25) is 0 Å². The van der Waals surface area contributed by atoms with E-state index in [-0.39, 0.29) is 17.3 Å². The number of benzene rings is 1. The predicted octanol–water partition coefficient (Wildman–Crippen LogP) is 3.96. The topological polar surface area (TPSA) is 21.3 Å². The van der Waals surface area contributed by atoms with E-state index in [4.69, 9.17) is 4.74 Å². The summed E-state index contributed by atoms with van der Waals surface area (Å²) in [5.41, 5.74) is 0.843. The molecule has 0 saturated carbocycles. The lowest BCUT2D eigenvalue weighted by molar-refractivity contribution is 0.355. The van der Waals surface area contributed by atoms with E-state index in [1.165, 1.54) is 6.07 Å². The minimum Gasteiger partial charge on any atom is -0.497 e. The van der Waals surface area contributed by atoms with Crippen molar-refractivity contribution in [2.45, 2.75) is 46.1 Å². The molecule has 0 amide bonds. The van der Waals surface area contributed by atoms with E-state index in [0.717, 1.165) is 12.1 Å². The third-order valence-corrected chi connectivity index (χ3v) is 3.51. The number of methoxy groups -OCH3 is 1. The Labute approximate surface area is 116 Å². The third-order valence-electron chi connectivity index (χ3n) is 3.51. The highest BCUT2D eigenvalue weighted by atomic mass is 19.1. The number of rotatable bonds is 5. The molecule has 0 bridgehead atoms. The Balaban J connectivity index is 2.74. The maximum absolute atomic E-state index is 14.0. The first-order chi connectivity index (χ1) is 8.74. The number of nitrogens with one attached hydrogen (secondary N) is 1. The fraction of sp³-hybridized carbons (Fsp3) is 0.625. The zero-order valence-electron chi connectivity index (χ0n) is 12.9. The van der Waals surface area contributed by atoms with Crippen LogP contribution in [0.3, 0.4) is 0 Å². The van der Waals surface area contributed by atoms with Crippen molar-refractivity contribution in [3.8, 4) is 5.75 Å². The molecule has 1 N–H and O–H groups in total. The van der Waals surface area contributed by atoms with Gasteiger partial charge >= 0.3 is 0 Å². The van der Waals surface area contributed by atoms with Crippen LogP contribution >= 0.6 is 0 Å². The van der Waals surface area contributed by atoms with Crippen LogP contribution < -0.4 is 10.1 Å². The van der Waals surface area contributed by atoms with Crippen LogP contribution in [0.15, 0.2) is 18.2 Å². The van der Waals surface area contributed by atoms with Crippen molar-refractivity contribution in [1.29, 1.82) is 0 Å². The van der Waals surface area contributed by atoms with Gasteiger partial charge in [0.05, 0.1) is 7.11 Å². The second-order valence-electron chi connectivity index (χ2n) is 6.28. The molecule has 0 aromatic heterocycles. The molecule has 1 aromatic carbocycles. The maximum atomic E-state index is 14.0. The van der Waals surface area contributed by atoms with Crippen molar-refractivity contribution >= 4 is 0 Å². The summed E-state index contributed by atoms with van der Waals surface area (Å²) in [5, 5.41) is 3.47. The predicted molar refractivity (Wildman–Crippen MR) is 78.3 cm³/mol. The minimum atomic E-state index is -0.186. The summed E-state index contributed by atoms with van der Waals surface area (Å²) < 4.78 is 19.1. The van der Waals surface area contributed by atoms with Gasteiger partial charge in [0.15, 0.2) is 0 Å². The largest absolute Gasteiger partial charge is 0.497 e. The first kappa shape index (κ1) is 16.0. The molecule has 0 aliphatic rings. The maximum Gasteiger partial charge on any atom is 0.130 e. The highest BCUT2D eigenvalue weighted by Gasteiger charge is 2.20. The van der Waals surface area contributed by atoms with E-state index >= 15 is 0 Å². The van der Waals surface area contributed by atoms with Crippen molar-refractivity contribution in [2.24, 2.45) is 5.92 Å². The lowest BCUT2D eigenvalue weighted by Gasteiger charge is -2.27. The molecule has 0 saturated heterocycles. The lowest BCUT2D eigenvalue weighted by Crippen LogP contribution is -2.39. The Hall–Kier alpha value is -1.09. The molecule has 3 heteroatoms. The monoisotopic (exact) mass is 267 g/mol. The van der Waals surface area contributed by atoms with Crippen molar-refractivity contribution in [1.82, 2.24) is 5.32 Å². The highest BCUT2D eigenvalue weighted by molar-refractivity contribution is 5.31.